The number of aromatic nitrogens is 2. The summed E-state index contributed by atoms with van der Waals surface area (Å²) < 4.78 is 12.6. The zero-order chi connectivity index (χ0) is 12.3. The SMILES string of the molecule is COc1ccc(CN)c(Oc2cnn(C)c2)c1. The minimum atomic E-state index is 0.416. The van der Waals surface area contributed by atoms with Crippen LogP contribution < -0.4 is 15.2 Å². The highest BCUT2D eigenvalue weighted by Gasteiger charge is 2.07. The van der Waals surface area contributed by atoms with Crippen molar-refractivity contribution in [2.75, 3.05) is 7.11 Å². The summed E-state index contributed by atoms with van der Waals surface area (Å²) >= 11 is 0. The van der Waals surface area contributed by atoms with E-state index in [1.165, 1.54) is 0 Å². The number of benzene rings is 1. The Balaban J connectivity index is 2.29. The van der Waals surface area contributed by atoms with E-state index in [0.717, 1.165) is 11.3 Å². The molecule has 90 valence electrons. The van der Waals surface area contributed by atoms with Gasteiger partial charge < -0.3 is 15.2 Å². The van der Waals surface area contributed by atoms with Crippen LogP contribution in [0.1, 0.15) is 5.56 Å². The maximum Gasteiger partial charge on any atom is 0.165 e. The van der Waals surface area contributed by atoms with E-state index in [2.05, 4.69) is 5.10 Å². The van der Waals surface area contributed by atoms with Crippen molar-refractivity contribution < 1.29 is 9.47 Å². The van der Waals surface area contributed by atoms with Crippen LogP contribution in [0.5, 0.6) is 17.2 Å². The molecule has 0 spiro atoms. The quantitative estimate of drug-likeness (QED) is 0.872. The first kappa shape index (κ1) is 11.5. The minimum Gasteiger partial charge on any atom is -0.497 e. The van der Waals surface area contributed by atoms with Crippen molar-refractivity contribution in [3.63, 3.8) is 0 Å². The van der Waals surface area contributed by atoms with Crippen molar-refractivity contribution in [2.45, 2.75) is 6.54 Å². The molecule has 5 heteroatoms. The van der Waals surface area contributed by atoms with Gasteiger partial charge in [-0.25, -0.2) is 0 Å². The molecule has 0 fully saturated rings. The lowest BCUT2D eigenvalue weighted by molar-refractivity contribution is 0.408. The molecule has 0 amide bonds. The van der Waals surface area contributed by atoms with Gasteiger partial charge in [-0.05, 0) is 6.07 Å². The Morgan fingerprint density at radius 2 is 2.18 bits per heavy atom. The first-order valence-electron chi connectivity index (χ1n) is 5.26. The van der Waals surface area contributed by atoms with Crippen LogP contribution in [0.25, 0.3) is 0 Å². The third kappa shape index (κ3) is 2.57. The van der Waals surface area contributed by atoms with Gasteiger partial charge in [-0.2, -0.15) is 5.10 Å². The Labute approximate surface area is 99.8 Å². The molecule has 2 aromatic rings. The predicted octanol–water partition coefficient (Wildman–Crippen LogP) is 1.68. The van der Waals surface area contributed by atoms with E-state index < -0.39 is 0 Å². The Morgan fingerprint density at radius 3 is 2.76 bits per heavy atom. The van der Waals surface area contributed by atoms with Crippen molar-refractivity contribution in [2.24, 2.45) is 12.8 Å². The molecule has 0 unspecified atom stereocenters. The predicted molar refractivity (Wildman–Crippen MR) is 64.2 cm³/mol. The molecule has 5 nitrogen and oxygen atoms in total. The minimum absolute atomic E-state index is 0.416. The number of nitrogens with zero attached hydrogens (tertiary/aromatic N) is 2. The van der Waals surface area contributed by atoms with E-state index in [4.69, 9.17) is 15.2 Å². The van der Waals surface area contributed by atoms with Crippen molar-refractivity contribution in [3.8, 4) is 17.2 Å². The van der Waals surface area contributed by atoms with Gasteiger partial charge in [-0.3, -0.25) is 4.68 Å². The van der Waals surface area contributed by atoms with Gasteiger partial charge >= 0.3 is 0 Å². The average Bonchev–Trinajstić information content (AvgIpc) is 2.74. The van der Waals surface area contributed by atoms with Crippen LogP contribution in [0, 0.1) is 0 Å². The lowest BCUT2D eigenvalue weighted by Crippen LogP contribution is -1.99. The second-order valence-electron chi connectivity index (χ2n) is 3.63. The molecule has 0 aliphatic heterocycles. The summed E-state index contributed by atoms with van der Waals surface area (Å²) in [7, 11) is 3.45. The van der Waals surface area contributed by atoms with E-state index in [9.17, 15) is 0 Å². The maximum atomic E-state index is 5.72. The molecule has 1 aromatic heterocycles. The van der Waals surface area contributed by atoms with Crippen LogP contribution in [-0.2, 0) is 13.6 Å². The average molecular weight is 233 g/mol. The van der Waals surface area contributed by atoms with Crippen molar-refractivity contribution >= 4 is 0 Å². The molecule has 0 saturated heterocycles. The second-order valence-corrected chi connectivity index (χ2v) is 3.63. The molecule has 0 aliphatic carbocycles. The highest BCUT2D eigenvalue weighted by molar-refractivity contribution is 5.42. The fraction of sp³-hybridized carbons (Fsp3) is 0.250. The van der Waals surface area contributed by atoms with Crippen LogP contribution in [-0.4, -0.2) is 16.9 Å². The van der Waals surface area contributed by atoms with Crippen molar-refractivity contribution in [1.29, 1.82) is 0 Å². The highest BCUT2D eigenvalue weighted by Crippen LogP contribution is 2.28. The van der Waals surface area contributed by atoms with Crippen LogP contribution >= 0.6 is 0 Å². The number of hydrogen-bond acceptors (Lipinski definition) is 4. The van der Waals surface area contributed by atoms with Crippen LogP contribution in [0.15, 0.2) is 30.6 Å². The zero-order valence-electron chi connectivity index (χ0n) is 9.88. The number of hydrogen-bond donors (Lipinski definition) is 1. The Hall–Kier alpha value is -2.01. The molecule has 0 bridgehead atoms. The smallest absolute Gasteiger partial charge is 0.165 e. The number of rotatable bonds is 4. The van der Waals surface area contributed by atoms with Crippen LogP contribution in [0.2, 0.25) is 0 Å². The molecule has 0 aliphatic rings. The molecule has 0 radical (unpaired) electrons. The Bertz CT molecular complexity index is 508. The summed E-state index contributed by atoms with van der Waals surface area (Å²) in [6.45, 7) is 0.416. The van der Waals surface area contributed by atoms with Gasteiger partial charge in [-0.15, -0.1) is 0 Å². The van der Waals surface area contributed by atoms with Gasteiger partial charge in [0.05, 0.1) is 19.5 Å². The van der Waals surface area contributed by atoms with Crippen LogP contribution in [0.4, 0.5) is 0 Å². The van der Waals surface area contributed by atoms with Gasteiger partial charge in [0.1, 0.15) is 11.5 Å². The summed E-state index contributed by atoms with van der Waals surface area (Å²) in [6, 6.07) is 5.57. The lowest BCUT2D eigenvalue weighted by Gasteiger charge is -2.10. The number of methoxy groups -OCH3 is 1. The van der Waals surface area contributed by atoms with Gasteiger partial charge in [0.2, 0.25) is 0 Å². The van der Waals surface area contributed by atoms with Crippen molar-refractivity contribution in [1.82, 2.24) is 9.78 Å². The summed E-state index contributed by atoms with van der Waals surface area (Å²) in [5, 5.41) is 4.04. The Morgan fingerprint density at radius 1 is 1.35 bits per heavy atom. The summed E-state index contributed by atoms with van der Waals surface area (Å²) in [4.78, 5) is 0. The molecule has 1 aromatic carbocycles. The zero-order valence-corrected chi connectivity index (χ0v) is 9.88. The summed E-state index contributed by atoms with van der Waals surface area (Å²) in [5.41, 5.74) is 6.58. The molecule has 2 N–H and O–H groups in total. The highest BCUT2D eigenvalue weighted by atomic mass is 16.5. The molecule has 2 rings (SSSR count). The van der Waals surface area contributed by atoms with Gasteiger partial charge in [0.15, 0.2) is 5.75 Å². The van der Waals surface area contributed by atoms with Crippen LogP contribution in [0.3, 0.4) is 0 Å². The molecular formula is C12H15N3O2. The maximum absolute atomic E-state index is 5.72. The first-order chi connectivity index (χ1) is 8.22. The molecular weight excluding hydrogens is 218 g/mol. The fourth-order valence-corrected chi connectivity index (χ4v) is 1.50. The number of nitrogens with two attached hydrogens (primary N) is 1. The van der Waals surface area contributed by atoms with E-state index in [-0.39, 0.29) is 0 Å². The van der Waals surface area contributed by atoms with Gasteiger partial charge in [0.25, 0.3) is 0 Å². The fourth-order valence-electron chi connectivity index (χ4n) is 1.50. The molecule has 1 heterocycles. The topological polar surface area (TPSA) is 62.3 Å². The normalized spacial score (nSPS) is 10.3. The molecule has 0 saturated carbocycles. The largest absolute Gasteiger partial charge is 0.497 e. The summed E-state index contributed by atoms with van der Waals surface area (Å²) in [6.07, 6.45) is 3.44. The molecule has 17 heavy (non-hydrogen) atoms. The van der Waals surface area contributed by atoms with E-state index in [0.29, 0.717) is 18.0 Å². The Kier molecular flexibility index (Phi) is 3.30. The third-order valence-corrected chi connectivity index (χ3v) is 2.40. The standard InChI is InChI=1S/C12H15N3O2/c1-15-8-11(7-14-15)17-12-5-10(16-2)4-3-9(12)6-13/h3-5,7-8H,6,13H2,1-2H3. The number of aryl methyl sites for hydroxylation is 1. The second kappa shape index (κ2) is 4.88. The molecule has 0 atom stereocenters. The van der Waals surface area contributed by atoms with Crippen molar-refractivity contribution in [3.05, 3.63) is 36.2 Å². The van der Waals surface area contributed by atoms with Gasteiger partial charge in [-0.1, -0.05) is 6.07 Å². The lowest BCUT2D eigenvalue weighted by atomic mass is 10.2. The monoisotopic (exact) mass is 233 g/mol. The third-order valence-electron chi connectivity index (χ3n) is 2.40. The van der Waals surface area contributed by atoms with E-state index >= 15 is 0 Å². The van der Waals surface area contributed by atoms with E-state index in [1.54, 1.807) is 24.2 Å². The first-order valence-corrected chi connectivity index (χ1v) is 5.26. The van der Waals surface area contributed by atoms with Gasteiger partial charge in [0, 0.05) is 25.2 Å². The summed E-state index contributed by atoms with van der Waals surface area (Å²) in [5.74, 6) is 2.11. The van der Waals surface area contributed by atoms with E-state index in [1.807, 2.05) is 25.2 Å². The number of ether oxygens (including phenoxy) is 2.